The Morgan fingerprint density at radius 3 is 2.04 bits per heavy atom. The van der Waals surface area contributed by atoms with E-state index in [2.05, 4.69) is 18.7 Å². The molecule has 2 aromatic carbocycles. The zero-order valence-electron chi connectivity index (χ0n) is 15.7. The largest absolute Gasteiger partial charge is 0.490 e. The number of benzene rings is 2. The summed E-state index contributed by atoms with van der Waals surface area (Å²) in [6.07, 6.45) is 2.62. The van der Waals surface area contributed by atoms with Crippen molar-refractivity contribution in [2.75, 3.05) is 26.2 Å². The molecule has 0 heterocycles. The van der Waals surface area contributed by atoms with E-state index < -0.39 is 34.4 Å². The van der Waals surface area contributed by atoms with Crippen molar-refractivity contribution in [3.05, 3.63) is 53.6 Å². The van der Waals surface area contributed by atoms with E-state index in [4.69, 9.17) is 4.74 Å². The molecule has 0 radical (unpaired) electrons. The number of ether oxygens (including phenoxy) is 1. The van der Waals surface area contributed by atoms with Crippen LogP contribution in [0, 0.1) is 23.3 Å². The normalized spacial score (nSPS) is 11.2. The van der Waals surface area contributed by atoms with Gasteiger partial charge in [-0.2, -0.15) is 0 Å². The lowest BCUT2D eigenvalue weighted by Gasteiger charge is -2.17. The predicted molar refractivity (Wildman–Crippen MR) is 98.8 cm³/mol. The van der Waals surface area contributed by atoms with Crippen molar-refractivity contribution in [1.29, 1.82) is 0 Å². The first-order chi connectivity index (χ1) is 13.0. The van der Waals surface area contributed by atoms with Gasteiger partial charge in [0.05, 0.1) is 17.7 Å². The van der Waals surface area contributed by atoms with Gasteiger partial charge in [0, 0.05) is 0 Å². The van der Waals surface area contributed by atoms with Crippen LogP contribution in [-0.2, 0) is 0 Å². The molecule has 0 aliphatic heterocycles. The smallest absolute Gasteiger partial charge is 0.176 e. The van der Waals surface area contributed by atoms with Gasteiger partial charge in [0.2, 0.25) is 0 Å². The van der Waals surface area contributed by atoms with Gasteiger partial charge < -0.3 is 9.64 Å². The lowest BCUT2D eigenvalue weighted by molar-refractivity contribution is 0.271. The molecule has 27 heavy (non-hydrogen) atoms. The lowest BCUT2D eigenvalue weighted by atomic mass is 10.0. The molecule has 0 aromatic heterocycles. The van der Waals surface area contributed by atoms with Gasteiger partial charge in [-0.15, -0.1) is 0 Å². The number of hydrogen-bond donors (Lipinski definition) is 0. The highest BCUT2D eigenvalue weighted by Crippen LogP contribution is 2.35. The first kappa shape index (κ1) is 21.2. The van der Waals surface area contributed by atoms with E-state index in [1.807, 2.05) is 0 Å². The summed E-state index contributed by atoms with van der Waals surface area (Å²) >= 11 is 0. The van der Waals surface area contributed by atoms with Crippen LogP contribution in [0.1, 0.15) is 33.1 Å². The summed E-state index contributed by atoms with van der Waals surface area (Å²) in [4.78, 5) is 2.32. The molecular formula is C21H25F4NO. The predicted octanol–water partition coefficient (Wildman–Crippen LogP) is 5.80. The van der Waals surface area contributed by atoms with Gasteiger partial charge >= 0.3 is 0 Å². The van der Waals surface area contributed by atoms with Crippen LogP contribution in [0.5, 0.6) is 5.75 Å². The van der Waals surface area contributed by atoms with Crippen molar-refractivity contribution in [2.45, 2.75) is 33.1 Å². The molecule has 0 fully saturated rings. The Labute approximate surface area is 157 Å². The van der Waals surface area contributed by atoms with Crippen LogP contribution in [-0.4, -0.2) is 31.1 Å². The maximum Gasteiger partial charge on any atom is 0.176 e. The molecule has 0 unspecified atom stereocenters. The number of unbranched alkanes of at least 4 members (excludes halogenated alkanes) is 2. The summed E-state index contributed by atoms with van der Waals surface area (Å²) < 4.78 is 62.0. The molecular weight excluding hydrogens is 358 g/mol. The van der Waals surface area contributed by atoms with Crippen molar-refractivity contribution < 1.29 is 22.3 Å². The zero-order valence-corrected chi connectivity index (χ0v) is 15.7. The molecule has 0 saturated heterocycles. The molecule has 0 amide bonds. The fraction of sp³-hybridized carbons (Fsp3) is 0.429. The molecule has 2 rings (SSSR count). The van der Waals surface area contributed by atoms with E-state index in [0.717, 1.165) is 62.8 Å². The molecule has 0 aliphatic carbocycles. The summed E-state index contributed by atoms with van der Waals surface area (Å²) in [7, 11) is 0. The van der Waals surface area contributed by atoms with E-state index in [9.17, 15) is 17.6 Å². The summed E-state index contributed by atoms with van der Waals surface area (Å²) in [5.74, 6) is -4.40. The minimum atomic E-state index is -1.10. The Hall–Kier alpha value is -2.08. The Morgan fingerprint density at radius 2 is 1.41 bits per heavy atom. The van der Waals surface area contributed by atoms with Gasteiger partial charge in [0.15, 0.2) is 11.6 Å². The molecule has 0 atom stereocenters. The molecule has 0 N–H and O–H groups in total. The summed E-state index contributed by atoms with van der Waals surface area (Å²) in [5, 5.41) is 0. The molecule has 0 saturated carbocycles. The second kappa shape index (κ2) is 10.3. The topological polar surface area (TPSA) is 12.5 Å². The standard InChI is InChI=1S/C21H25F4NO/c1-3-26(4-2)13-6-5-7-14-27-18-12-11-17(24)20(21(18)25)19-15(22)9-8-10-16(19)23/h8-12H,3-7,13-14H2,1-2H3. The zero-order chi connectivity index (χ0) is 19.8. The second-order valence-electron chi connectivity index (χ2n) is 6.27. The van der Waals surface area contributed by atoms with Crippen LogP contribution >= 0.6 is 0 Å². The Morgan fingerprint density at radius 1 is 0.778 bits per heavy atom. The van der Waals surface area contributed by atoms with Gasteiger partial charge in [-0.25, -0.2) is 17.6 Å². The van der Waals surface area contributed by atoms with Crippen LogP contribution in [0.15, 0.2) is 30.3 Å². The van der Waals surface area contributed by atoms with Gasteiger partial charge in [0.25, 0.3) is 0 Å². The summed E-state index contributed by atoms with van der Waals surface area (Å²) in [6.45, 7) is 7.47. The van der Waals surface area contributed by atoms with Crippen molar-refractivity contribution in [1.82, 2.24) is 4.90 Å². The summed E-state index contributed by atoms with van der Waals surface area (Å²) in [6, 6.07) is 5.16. The molecule has 0 aliphatic rings. The second-order valence-corrected chi connectivity index (χ2v) is 6.27. The van der Waals surface area contributed by atoms with Crippen LogP contribution in [0.4, 0.5) is 17.6 Å². The quantitative estimate of drug-likeness (QED) is 0.380. The van der Waals surface area contributed by atoms with Crippen molar-refractivity contribution in [3.63, 3.8) is 0 Å². The van der Waals surface area contributed by atoms with Gasteiger partial charge in [0.1, 0.15) is 17.5 Å². The number of hydrogen-bond acceptors (Lipinski definition) is 2. The third kappa shape index (κ3) is 5.45. The highest BCUT2D eigenvalue weighted by Gasteiger charge is 2.22. The molecule has 6 heteroatoms. The highest BCUT2D eigenvalue weighted by atomic mass is 19.1. The maximum atomic E-state index is 14.6. The average Bonchev–Trinajstić information content (AvgIpc) is 2.65. The Kier molecular flexibility index (Phi) is 8.10. The first-order valence-electron chi connectivity index (χ1n) is 9.27. The Balaban J connectivity index is 2.01. The van der Waals surface area contributed by atoms with Gasteiger partial charge in [-0.1, -0.05) is 19.9 Å². The molecule has 148 valence electrons. The van der Waals surface area contributed by atoms with Gasteiger partial charge in [-0.3, -0.25) is 0 Å². The lowest BCUT2D eigenvalue weighted by Crippen LogP contribution is -2.23. The molecule has 0 bridgehead atoms. The van der Waals surface area contributed by atoms with E-state index in [1.54, 1.807) is 0 Å². The van der Waals surface area contributed by atoms with E-state index in [-0.39, 0.29) is 12.4 Å². The summed E-state index contributed by atoms with van der Waals surface area (Å²) in [5.41, 5.74) is -1.47. The Bertz CT molecular complexity index is 727. The van der Waals surface area contributed by atoms with E-state index in [0.29, 0.717) is 6.42 Å². The van der Waals surface area contributed by atoms with E-state index >= 15 is 0 Å². The fourth-order valence-electron chi connectivity index (χ4n) is 2.95. The number of rotatable bonds is 10. The minimum Gasteiger partial charge on any atom is -0.490 e. The highest BCUT2D eigenvalue weighted by molar-refractivity contribution is 5.68. The SMILES string of the molecule is CCN(CC)CCCCCOc1ccc(F)c(-c2c(F)cccc2F)c1F. The minimum absolute atomic E-state index is 0.210. The number of nitrogens with zero attached hydrogens (tertiary/aromatic N) is 1. The fourth-order valence-corrected chi connectivity index (χ4v) is 2.95. The molecule has 2 nitrogen and oxygen atoms in total. The van der Waals surface area contributed by atoms with Crippen LogP contribution in [0.3, 0.4) is 0 Å². The average molecular weight is 383 g/mol. The molecule has 0 spiro atoms. The van der Waals surface area contributed by atoms with Crippen LogP contribution in [0.25, 0.3) is 11.1 Å². The van der Waals surface area contributed by atoms with Crippen LogP contribution in [0.2, 0.25) is 0 Å². The third-order valence-corrected chi connectivity index (χ3v) is 4.54. The van der Waals surface area contributed by atoms with Crippen molar-refractivity contribution in [2.24, 2.45) is 0 Å². The van der Waals surface area contributed by atoms with Gasteiger partial charge in [-0.05, 0) is 63.2 Å². The molecule has 2 aromatic rings. The number of halogens is 4. The van der Waals surface area contributed by atoms with Crippen molar-refractivity contribution >= 4 is 0 Å². The van der Waals surface area contributed by atoms with E-state index in [1.165, 1.54) is 0 Å². The third-order valence-electron chi connectivity index (χ3n) is 4.54. The maximum absolute atomic E-state index is 14.6. The van der Waals surface area contributed by atoms with Crippen molar-refractivity contribution in [3.8, 4) is 16.9 Å². The van der Waals surface area contributed by atoms with Crippen LogP contribution < -0.4 is 4.74 Å². The first-order valence-corrected chi connectivity index (χ1v) is 9.27. The monoisotopic (exact) mass is 383 g/mol.